The van der Waals surface area contributed by atoms with Crippen LogP contribution in [0.25, 0.3) is 0 Å². The summed E-state index contributed by atoms with van der Waals surface area (Å²) >= 11 is 4.53. The average Bonchev–Trinajstić information content (AvgIpc) is 2.64. The Bertz CT molecular complexity index is 391. The van der Waals surface area contributed by atoms with Gasteiger partial charge in [-0.1, -0.05) is 13.3 Å². The Kier molecular flexibility index (Phi) is 4.95. The van der Waals surface area contributed by atoms with E-state index in [9.17, 15) is 9.59 Å². The molecular formula is C10H12BrNO3S. The first-order valence-corrected chi connectivity index (χ1v) is 6.44. The lowest BCUT2D eigenvalue weighted by Crippen LogP contribution is -2.40. The van der Waals surface area contributed by atoms with Crippen LogP contribution < -0.4 is 5.32 Å². The molecular weight excluding hydrogens is 294 g/mol. The lowest BCUT2D eigenvalue weighted by Gasteiger charge is -2.12. The van der Waals surface area contributed by atoms with Gasteiger partial charge in [-0.15, -0.1) is 11.3 Å². The summed E-state index contributed by atoms with van der Waals surface area (Å²) in [6, 6.07) is 2.61. The molecule has 0 radical (unpaired) electrons. The number of carbonyl (C=O) groups excluding carboxylic acids is 1. The summed E-state index contributed by atoms with van der Waals surface area (Å²) in [6.07, 6.45) is 1.15. The number of aliphatic carboxylic acids is 1. The number of carbonyl (C=O) groups is 2. The second-order valence-electron chi connectivity index (χ2n) is 3.26. The minimum absolute atomic E-state index is 0.337. The van der Waals surface area contributed by atoms with Gasteiger partial charge in [0.05, 0.1) is 8.66 Å². The van der Waals surface area contributed by atoms with E-state index in [1.807, 2.05) is 6.92 Å². The fraction of sp³-hybridized carbons (Fsp3) is 0.400. The van der Waals surface area contributed by atoms with Gasteiger partial charge in [0.25, 0.3) is 5.91 Å². The zero-order chi connectivity index (χ0) is 12.1. The molecule has 1 unspecified atom stereocenters. The van der Waals surface area contributed by atoms with Crippen molar-refractivity contribution in [1.29, 1.82) is 0 Å². The van der Waals surface area contributed by atoms with Crippen LogP contribution in [0.1, 0.15) is 29.4 Å². The van der Waals surface area contributed by atoms with Gasteiger partial charge >= 0.3 is 5.97 Å². The topological polar surface area (TPSA) is 66.4 Å². The van der Waals surface area contributed by atoms with Gasteiger partial charge in [0, 0.05) is 0 Å². The van der Waals surface area contributed by atoms with Crippen molar-refractivity contribution in [2.75, 3.05) is 0 Å². The maximum absolute atomic E-state index is 11.7. The molecule has 1 heterocycles. The van der Waals surface area contributed by atoms with E-state index >= 15 is 0 Å². The molecule has 0 aliphatic heterocycles. The standard InChI is InChI=1S/C10H12BrNO3S/c1-2-3-6(10(14)15)12-9(13)7-4-5-8(11)16-7/h4-6H,2-3H2,1H3,(H,12,13)(H,14,15). The molecule has 0 aliphatic rings. The van der Waals surface area contributed by atoms with Crippen molar-refractivity contribution < 1.29 is 14.7 Å². The van der Waals surface area contributed by atoms with Crippen molar-refractivity contribution in [2.24, 2.45) is 0 Å². The third kappa shape index (κ3) is 3.61. The first kappa shape index (κ1) is 13.2. The second kappa shape index (κ2) is 6.00. The molecule has 16 heavy (non-hydrogen) atoms. The highest BCUT2D eigenvalue weighted by Crippen LogP contribution is 2.22. The Balaban J connectivity index is 2.65. The molecule has 0 aromatic carbocycles. The summed E-state index contributed by atoms with van der Waals surface area (Å²) in [4.78, 5) is 23.0. The molecule has 0 fully saturated rings. The number of carboxylic acid groups (broad SMARTS) is 1. The largest absolute Gasteiger partial charge is 0.480 e. The monoisotopic (exact) mass is 305 g/mol. The summed E-state index contributed by atoms with van der Waals surface area (Å²) in [5.41, 5.74) is 0. The van der Waals surface area contributed by atoms with Gasteiger partial charge < -0.3 is 10.4 Å². The van der Waals surface area contributed by atoms with Crippen LogP contribution >= 0.6 is 27.3 Å². The fourth-order valence-electron chi connectivity index (χ4n) is 1.21. The van der Waals surface area contributed by atoms with Crippen molar-refractivity contribution in [2.45, 2.75) is 25.8 Å². The van der Waals surface area contributed by atoms with Crippen LogP contribution in [0.5, 0.6) is 0 Å². The first-order valence-electron chi connectivity index (χ1n) is 4.83. The van der Waals surface area contributed by atoms with Gasteiger partial charge in [0.15, 0.2) is 0 Å². The van der Waals surface area contributed by atoms with Crippen molar-refractivity contribution in [3.05, 3.63) is 20.8 Å². The lowest BCUT2D eigenvalue weighted by atomic mass is 10.1. The minimum atomic E-state index is -0.995. The number of thiophene rings is 1. The summed E-state index contributed by atoms with van der Waals surface area (Å²) < 4.78 is 0.847. The van der Waals surface area contributed by atoms with Crippen LogP contribution in [0, 0.1) is 0 Å². The van der Waals surface area contributed by atoms with Crippen molar-refractivity contribution in [1.82, 2.24) is 5.32 Å². The zero-order valence-corrected chi connectivity index (χ0v) is 11.1. The fourth-order valence-corrected chi connectivity index (χ4v) is 2.50. The summed E-state index contributed by atoms with van der Waals surface area (Å²) in [5, 5.41) is 11.4. The van der Waals surface area contributed by atoms with Crippen LogP contribution in [0.3, 0.4) is 0 Å². The third-order valence-electron chi connectivity index (χ3n) is 1.98. The quantitative estimate of drug-likeness (QED) is 0.878. The zero-order valence-electron chi connectivity index (χ0n) is 8.70. The summed E-state index contributed by atoms with van der Waals surface area (Å²) in [5.74, 6) is -1.33. The Morgan fingerprint density at radius 3 is 2.69 bits per heavy atom. The predicted octanol–water partition coefficient (Wildman–Crippen LogP) is 2.49. The highest BCUT2D eigenvalue weighted by Gasteiger charge is 2.20. The number of nitrogens with one attached hydrogen (secondary N) is 1. The van der Waals surface area contributed by atoms with E-state index in [-0.39, 0.29) is 5.91 Å². The normalized spacial score (nSPS) is 12.1. The Morgan fingerprint density at radius 2 is 2.25 bits per heavy atom. The molecule has 0 spiro atoms. The highest BCUT2D eigenvalue weighted by atomic mass is 79.9. The van der Waals surface area contributed by atoms with Gasteiger partial charge in [-0.2, -0.15) is 0 Å². The Hall–Kier alpha value is -0.880. The molecule has 2 N–H and O–H groups in total. The molecule has 1 aromatic heterocycles. The molecule has 4 nitrogen and oxygen atoms in total. The highest BCUT2D eigenvalue weighted by molar-refractivity contribution is 9.11. The SMILES string of the molecule is CCCC(NC(=O)c1ccc(Br)s1)C(=O)O. The maximum atomic E-state index is 11.7. The van der Waals surface area contributed by atoms with Crippen LogP contribution in [0.15, 0.2) is 15.9 Å². The number of rotatable bonds is 5. The van der Waals surface area contributed by atoms with Gasteiger partial charge in [-0.25, -0.2) is 4.79 Å². The number of halogens is 1. The molecule has 0 saturated carbocycles. The van der Waals surface area contributed by atoms with Crippen LogP contribution in [-0.2, 0) is 4.79 Å². The molecule has 1 atom stereocenters. The number of carboxylic acids is 1. The van der Waals surface area contributed by atoms with Gasteiger partial charge in [0.1, 0.15) is 6.04 Å². The minimum Gasteiger partial charge on any atom is -0.480 e. The number of hydrogen-bond donors (Lipinski definition) is 2. The summed E-state index contributed by atoms with van der Waals surface area (Å²) in [6.45, 7) is 1.88. The molecule has 0 saturated heterocycles. The molecule has 0 aliphatic carbocycles. The van der Waals surface area contributed by atoms with E-state index in [4.69, 9.17) is 5.11 Å². The molecule has 1 amide bonds. The molecule has 6 heteroatoms. The molecule has 88 valence electrons. The van der Waals surface area contributed by atoms with Crippen LogP contribution in [0.4, 0.5) is 0 Å². The maximum Gasteiger partial charge on any atom is 0.326 e. The van der Waals surface area contributed by atoms with E-state index in [0.717, 1.165) is 3.79 Å². The second-order valence-corrected chi connectivity index (χ2v) is 5.72. The molecule has 1 aromatic rings. The molecule has 0 bridgehead atoms. The Labute approximate surface area is 106 Å². The predicted molar refractivity (Wildman–Crippen MR) is 65.8 cm³/mol. The van der Waals surface area contributed by atoms with E-state index in [2.05, 4.69) is 21.2 Å². The summed E-state index contributed by atoms with van der Waals surface area (Å²) in [7, 11) is 0. The lowest BCUT2D eigenvalue weighted by molar-refractivity contribution is -0.139. The smallest absolute Gasteiger partial charge is 0.326 e. The van der Waals surface area contributed by atoms with E-state index in [0.29, 0.717) is 17.7 Å². The Morgan fingerprint density at radius 1 is 1.56 bits per heavy atom. The third-order valence-corrected chi connectivity index (χ3v) is 3.60. The van der Waals surface area contributed by atoms with Gasteiger partial charge in [-0.05, 0) is 34.5 Å². The van der Waals surface area contributed by atoms with E-state index in [1.54, 1.807) is 12.1 Å². The van der Waals surface area contributed by atoms with E-state index < -0.39 is 12.0 Å². The molecule has 1 rings (SSSR count). The number of amides is 1. The van der Waals surface area contributed by atoms with Gasteiger partial charge in [-0.3, -0.25) is 4.79 Å². The number of hydrogen-bond acceptors (Lipinski definition) is 3. The van der Waals surface area contributed by atoms with Crippen molar-refractivity contribution in [3.8, 4) is 0 Å². The van der Waals surface area contributed by atoms with Crippen molar-refractivity contribution >= 4 is 39.1 Å². The van der Waals surface area contributed by atoms with Crippen LogP contribution in [-0.4, -0.2) is 23.0 Å². The first-order chi connectivity index (χ1) is 7.54. The van der Waals surface area contributed by atoms with Crippen molar-refractivity contribution in [3.63, 3.8) is 0 Å². The van der Waals surface area contributed by atoms with Gasteiger partial charge in [0.2, 0.25) is 0 Å². The van der Waals surface area contributed by atoms with Crippen LogP contribution in [0.2, 0.25) is 0 Å². The van der Waals surface area contributed by atoms with E-state index in [1.165, 1.54) is 11.3 Å². The average molecular weight is 306 g/mol.